The topological polar surface area (TPSA) is 104 Å². The van der Waals surface area contributed by atoms with Crippen molar-refractivity contribution in [2.24, 2.45) is 0 Å². The maximum Gasteiger partial charge on any atom is 0.345 e. The van der Waals surface area contributed by atoms with Crippen molar-refractivity contribution in [3.05, 3.63) is 64.7 Å². The standard InChI is InChI=1S/C20H18N4O3/c1-12-15-10-13(6-7-16(15)24-23-12)17-11-18(22-20(26)21-17)14-4-2-3-5-19(14)27-9-8-25/h2-7,10-11,25H,8-9H2,1H3,(H,23,24)(H,21,22,26). The molecule has 0 spiro atoms. The number of aromatic amines is 2. The number of ether oxygens (including phenoxy) is 1. The number of aryl methyl sites for hydroxylation is 1. The zero-order valence-electron chi connectivity index (χ0n) is 14.7. The van der Waals surface area contributed by atoms with E-state index in [1.165, 1.54) is 0 Å². The summed E-state index contributed by atoms with van der Waals surface area (Å²) in [6, 6.07) is 15.0. The molecule has 0 radical (unpaired) electrons. The Balaban J connectivity index is 1.82. The van der Waals surface area contributed by atoms with Gasteiger partial charge in [0.05, 0.1) is 29.2 Å². The lowest BCUT2D eigenvalue weighted by Crippen LogP contribution is -2.12. The molecule has 4 aromatic rings. The molecule has 0 fully saturated rings. The maximum atomic E-state index is 12.2. The second-order valence-electron chi connectivity index (χ2n) is 6.12. The maximum absolute atomic E-state index is 12.2. The van der Waals surface area contributed by atoms with E-state index >= 15 is 0 Å². The second kappa shape index (κ2) is 7.05. The molecule has 2 heterocycles. The van der Waals surface area contributed by atoms with Crippen LogP contribution < -0.4 is 10.4 Å². The van der Waals surface area contributed by atoms with Gasteiger partial charge in [0.2, 0.25) is 0 Å². The number of hydrogen-bond acceptors (Lipinski definition) is 5. The van der Waals surface area contributed by atoms with Gasteiger partial charge in [-0.1, -0.05) is 18.2 Å². The van der Waals surface area contributed by atoms with Gasteiger partial charge in [-0.25, -0.2) is 4.79 Å². The molecular formula is C20H18N4O3. The third kappa shape index (κ3) is 3.32. The highest BCUT2D eigenvalue weighted by Crippen LogP contribution is 2.30. The normalized spacial score (nSPS) is 11.0. The Labute approximate surface area is 154 Å². The van der Waals surface area contributed by atoms with Gasteiger partial charge in [-0.3, -0.25) is 5.10 Å². The molecule has 0 amide bonds. The number of para-hydroxylation sites is 1. The second-order valence-corrected chi connectivity index (χ2v) is 6.12. The lowest BCUT2D eigenvalue weighted by molar-refractivity contribution is 0.202. The largest absolute Gasteiger partial charge is 0.490 e. The SMILES string of the molecule is Cc1n[nH]c2ccc(-c3cc(-c4ccccc4OCCO)[nH]c(=O)n3)cc12. The van der Waals surface area contributed by atoms with Crippen LogP contribution >= 0.6 is 0 Å². The number of nitrogens with one attached hydrogen (secondary N) is 2. The summed E-state index contributed by atoms with van der Waals surface area (Å²) in [6.07, 6.45) is 0. The molecule has 2 aromatic heterocycles. The minimum atomic E-state index is -0.441. The molecule has 3 N–H and O–H groups in total. The summed E-state index contributed by atoms with van der Waals surface area (Å²) < 4.78 is 5.58. The van der Waals surface area contributed by atoms with Gasteiger partial charge in [0.15, 0.2) is 0 Å². The third-order valence-electron chi connectivity index (χ3n) is 4.32. The number of aliphatic hydroxyl groups is 1. The summed E-state index contributed by atoms with van der Waals surface area (Å²) in [5.41, 5.74) is 4.10. The summed E-state index contributed by atoms with van der Waals surface area (Å²) >= 11 is 0. The summed E-state index contributed by atoms with van der Waals surface area (Å²) in [6.45, 7) is 2.01. The monoisotopic (exact) mass is 362 g/mol. The van der Waals surface area contributed by atoms with Gasteiger partial charge in [-0.05, 0) is 37.3 Å². The number of benzene rings is 2. The van der Waals surface area contributed by atoms with Gasteiger partial charge in [-0.15, -0.1) is 0 Å². The molecule has 27 heavy (non-hydrogen) atoms. The molecule has 0 atom stereocenters. The first-order chi connectivity index (χ1) is 13.2. The molecule has 7 nitrogen and oxygen atoms in total. The molecule has 0 aliphatic carbocycles. The number of rotatable bonds is 5. The van der Waals surface area contributed by atoms with Crippen LogP contribution in [0.25, 0.3) is 33.4 Å². The molecule has 0 saturated carbocycles. The van der Waals surface area contributed by atoms with Gasteiger partial charge in [0.1, 0.15) is 12.4 Å². The summed E-state index contributed by atoms with van der Waals surface area (Å²) in [4.78, 5) is 19.1. The summed E-state index contributed by atoms with van der Waals surface area (Å²) in [5, 5.41) is 17.2. The van der Waals surface area contributed by atoms with E-state index in [4.69, 9.17) is 9.84 Å². The van der Waals surface area contributed by atoms with Gasteiger partial charge in [-0.2, -0.15) is 10.1 Å². The Bertz CT molecular complexity index is 1160. The van der Waals surface area contributed by atoms with Gasteiger partial charge >= 0.3 is 5.69 Å². The van der Waals surface area contributed by atoms with Crippen LogP contribution in [0, 0.1) is 6.92 Å². The molecule has 7 heteroatoms. The van der Waals surface area contributed by atoms with Gasteiger partial charge in [0, 0.05) is 16.5 Å². The van der Waals surface area contributed by atoms with Crippen LogP contribution in [0.15, 0.2) is 53.3 Å². The van der Waals surface area contributed by atoms with Crippen LogP contribution in [0.1, 0.15) is 5.69 Å². The Morgan fingerprint density at radius 3 is 2.85 bits per heavy atom. The smallest absolute Gasteiger partial charge is 0.345 e. The van der Waals surface area contributed by atoms with E-state index in [1.54, 1.807) is 6.07 Å². The quantitative estimate of drug-likeness (QED) is 0.506. The summed E-state index contributed by atoms with van der Waals surface area (Å²) in [7, 11) is 0. The van der Waals surface area contributed by atoms with Crippen LogP contribution in [0.5, 0.6) is 5.75 Å². The molecule has 0 aliphatic rings. The zero-order valence-corrected chi connectivity index (χ0v) is 14.7. The van der Waals surface area contributed by atoms with Crippen molar-refractivity contribution in [3.63, 3.8) is 0 Å². The number of hydrogen-bond donors (Lipinski definition) is 3. The first kappa shape index (κ1) is 17.0. The lowest BCUT2D eigenvalue weighted by Gasteiger charge is -2.11. The predicted molar refractivity (Wildman–Crippen MR) is 103 cm³/mol. The van der Waals surface area contributed by atoms with E-state index in [9.17, 15) is 4.79 Å². The van der Waals surface area contributed by atoms with Crippen molar-refractivity contribution in [1.82, 2.24) is 20.2 Å². The van der Waals surface area contributed by atoms with Crippen LogP contribution in [-0.4, -0.2) is 38.5 Å². The van der Waals surface area contributed by atoms with Crippen molar-refractivity contribution in [3.8, 4) is 28.3 Å². The fourth-order valence-corrected chi connectivity index (χ4v) is 3.03. The molecule has 0 unspecified atom stereocenters. The van der Waals surface area contributed by atoms with Crippen LogP contribution in [0.4, 0.5) is 0 Å². The van der Waals surface area contributed by atoms with Crippen LogP contribution in [0.3, 0.4) is 0 Å². The average molecular weight is 362 g/mol. The zero-order chi connectivity index (χ0) is 18.8. The van der Waals surface area contributed by atoms with E-state index in [2.05, 4.69) is 20.2 Å². The average Bonchev–Trinajstić information content (AvgIpc) is 3.06. The first-order valence-electron chi connectivity index (χ1n) is 8.55. The highest BCUT2D eigenvalue weighted by Gasteiger charge is 2.11. The fraction of sp³-hybridized carbons (Fsp3) is 0.150. The minimum absolute atomic E-state index is 0.0868. The van der Waals surface area contributed by atoms with Crippen molar-refractivity contribution in [2.45, 2.75) is 6.92 Å². The molecule has 0 aliphatic heterocycles. The Kier molecular flexibility index (Phi) is 4.43. The Morgan fingerprint density at radius 1 is 1.15 bits per heavy atom. The number of aromatic nitrogens is 4. The number of H-pyrrole nitrogens is 2. The van der Waals surface area contributed by atoms with E-state index in [1.807, 2.05) is 49.4 Å². The third-order valence-corrected chi connectivity index (χ3v) is 4.32. The van der Waals surface area contributed by atoms with Gasteiger partial charge in [0.25, 0.3) is 0 Å². The molecule has 0 bridgehead atoms. The number of aliphatic hydroxyl groups excluding tert-OH is 1. The molecule has 0 saturated heterocycles. The van der Waals surface area contributed by atoms with E-state index in [-0.39, 0.29) is 13.2 Å². The highest BCUT2D eigenvalue weighted by molar-refractivity contribution is 5.86. The highest BCUT2D eigenvalue weighted by atomic mass is 16.5. The van der Waals surface area contributed by atoms with Crippen molar-refractivity contribution in [1.29, 1.82) is 0 Å². The van der Waals surface area contributed by atoms with E-state index in [0.29, 0.717) is 17.1 Å². The predicted octanol–water partition coefficient (Wildman–Crippen LogP) is 2.66. The number of fused-ring (bicyclic) bond motifs is 1. The van der Waals surface area contributed by atoms with E-state index in [0.717, 1.165) is 27.7 Å². The minimum Gasteiger partial charge on any atom is -0.490 e. The Hall–Kier alpha value is -3.45. The molecule has 4 rings (SSSR count). The van der Waals surface area contributed by atoms with Crippen LogP contribution in [-0.2, 0) is 0 Å². The molecular weight excluding hydrogens is 344 g/mol. The molecule has 136 valence electrons. The Morgan fingerprint density at radius 2 is 2.00 bits per heavy atom. The fourth-order valence-electron chi connectivity index (χ4n) is 3.03. The van der Waals surface area contributed by atoms with Crippen molar-refractivity contribution >= 4 is 10.9 Å². The van der Waals surface area contributed by atoms with Crippen molar-refractivity contribution < 1.29 is 9.84 Å². The van der Waals surface area contributed by atoms with Crippen molar-refractivity contribution in [2.75, 3.05) is 13.2 Å². The molecule has 2 aromatic carbocycles. The summed E-state index contributed by atoms with van der Waals surface area (Å²) in [5.74, 6) is 0.584. The van der Waals surface area contributed by atoms with E-state index < -0.39 is 5.69 Å². The number of nitrogens with zero attached hydrogens (tertiary/aromatic N) is 2. The van der Waals surface area contributed by atoms with Crippen LogP contribution in [0.2, 0.25) is 0 Å². The van der Waals surface area contributed by atoms with Gasteiger partial charge < -0.3 is 14.8 Å². The first-order valence-corrected chi connectivity index (χ1v) is 8.55. The lowest BCUT2D eigenvalue weighted by atomic mass is 10.0.